The topological polar surface area (TPSA) is 62.6 Å². The van der Waals surface area contributed by atoms with Gasteiger partial charge in [-0.05, 0) is 36.6 Å². The van der Waals surface area contributed by atoms with Crippen LogP contribution in [0.1, 0.15) is 37.2 Å². The third-order valence-electron chi connectivity index (χ3n) is 5.04. The highest BCUT2D eigenvalue weighted by molar-refractivity contribution is 8.01. The summed E-state index contributed by atoms with van der Waals surface area (Å²) in [6, 6.07) is 11.6. The Morgan fingerprint density at radius 2 is 2.08 bits per heavy atom. The van der Waals surface area contributed by atoms with Gasteiger partial charge in [-0.15, -0.1) is 11.8 Å². The van der Waals surface area contributed by atoms with Gasteiger partial charge < -0.3 is 14.6 Å². The molecule has 26 heavy (non-hydrogen) atoms. The van der Waals surface area contributed by atoms with E-state index in [1.54, 1.807) is 11.9 Å². The summed E-state index contributed by atoms with van der Waals surface area (Å²) in [7, 11) is 1.75. The van der Waals surface area contributed by atoms with Crippen molar-refractivity contribution in [1.29, 1.82) is 0 Å². The van der Waals surface area contributed by atoms with Gasteiger partial charge in [-0.2, -0.15) is 0 Å². The number of anilines is 1. The first-order valence-corrected chi connectivity index (χ1v) is 9.78. The molecule has 2 amide bonds. The number of fused-ring (bicyclic) bond motifs is 1. The zero-order valence-corrected chi connectivity index (χ0v) is 15.7. The molecule has 2 heterocycles. The van der Waals surface area contributed by atoms with Crippen LogP contribution in [-0.2, 0) is 16.1 Å². The summed E-state index contributed by atoms with van der Waals surface area (Å²) in [5.74, 6) is 2.87. The van der Waals surface area contributed by atoms with Gasteiger partial charge in [0.2, 0.25) is 11.8 Å². The molecule has 1 aromatic heterocycles. The lowest BCUT2D eigenvalue weighted by Gasteiger charge is -2.25. The molecular weight excluding hydrogens is 348 g/mol. The normalized spacial score (nSPS) is 23.9. The van der Waals surface area contributed by atoms with Crippen molar-refractivity contribution in [3.8, 4) is 0 Å². The number of para-hydroxylation sites is 1. The Morgan fingerprint density at radius 3 is 2.85 bits per heavy atom. The zero-order chi connectivity index (χ0) is 18.3. The van der Waals surface area contributed by atoms with E-state index in [1.165, 1.54) is 18.2 Å². The summed E-state index contributed by atoms with van der Waals surface area (Å²) < 4.78 is 5.88. The molecule has 1 N–H and O–H groups in total. The standard InChI is InChI=1S/C20H22N2O3S/c1-12-9-14(12)16-8-7-13(25-16)11-22(2)19(23)10-18-20(24)21-15-5-3-4-6-17(15)26-18/h3-8,12,14,18H,9-11H2,1-2H3,(H,21,24)/t12-,14+,18+/m0/s1. The van der Waals surface area contributed by atoms with E-state index in [2.05, 4.69) is 12.2 Å². The number of thioether (sulfide) groups is 1. The fourth-order valence-corrected chi connectivity index (χ4v) is 4.36. The van der Waals surface area contributed by atoms with Crippen LogP contribution in [0.25, 0.3) is 0 Å². The number of carbonyl (C=O) groups excluding carboxylic acids is 2. The fourth-order valence-electron chi connectivity index (χ4n) is 3.26. The van der Waals surface area contributed by atoms with Crippen LogP contribution in [0.4, 0.5) is 5.69 Å². The fraction of sp³-hybridized carbons (Fsp3) is 0.400. The molecule has 6 heteroatoms. The Bertz CT molecular complexity index is 847. The summed E-state index contributed by atoms with van der Waals surface area (Å²) in [5.41, 5.74) is 0.817. The first kappa shape index (κ1) is 17.2. The van der Waals surface area contributed by atoms with Gasteiger partial charge in [0.05, 0.1) is 17.5 Å². The minimum atomic E-state index is -0.403. The molecule has 5 nitrogen and oxygen atoms in total. The maximum atomic E-state index is 12.6. The monoisotopic (exact) mass is 370 g/mol. The largest absolute Gasteiger partial charge is 0.464 e. The predicted molar refractivity (Wildman–Crippen MR) is 101 cm³/mol. The Morgan fingerprint density at radius 1 is 1.31 bits per heavy atom. The molecule has 1 aliphatic carbocycles. The van der Waals surface area contributed by atoms with Gasteiger partial charge in [0.1, 0.15) is 11.5 Å². The Balaban J connectivity index is 1.35. The molecule has 136 valence electrons. The molecule has 1 aliphatic heterocycles. The van der Waals surface area contributed by atoms with Crippen LogP contribution >= 0.6 is 11.8 Å². The summed E-state index contributed by atoms with van der Waals surface area (Å²) in [4.78, 5) is 27.5. The number of hydrogen-bond donors (Lipinski definition) is 1. The second-order valence-electron chi connectivity index (χ2n) is 7.17. The van der Waals surface area contributed by atoms with Crippen molar-refractivity contribution in [3.05, 3.63) is 47.9 Å². The van der Waals surface area contributed by atoms with Crippen LogP contribution in [0.2, 0.25) is 0 Å². The van der Waals surface area contributed by atoms with Gasteiger partial charge in [0.15, 0.2) is 0 Å². The van der Waals surface area contributed by atoms with E-state index in [-0.39, 0.29) is 18.2 Å². The molecule has 1 fully saturated rings. The lowest BCUT2D eigenvalue weighted by Crippen LogP contribution is -2.35. The molecule has 0 radical (unpaired) electrons. The van der Waals surface area contributed by atoms with Crippen molar-refractivity contribution >= 4 is 29.3 Å². The molecule has 0 bridgehead atoms. The second kappa shape index (κ2) is 6.83. The molecule has 3 atom stereocenters. The molecule has 0 spiro atoms. The molecule has 4 rings (SSSR count). The van der Waals surface area contributed by atoms with Gasteiger partial charge in [-0.3, -0.25) is 9.59 Å². The first-order chi connectivity index (χ1) is 12.5. The maximum Gasteiger partial charge on any atom is 0.238 e. The van der Waals surface area contributed by atoms with Crippen molar-refractivity contribution in [2.75, 3.05) is 12.4 Å². The smallest absolute Gasteiger partial charge is 0.238 e. The molecular formula is C20H22N2O3S. The zero-order valence-electron chi connectivity index (χ0n) is 14.9. The van der Waals surface area contributed by atoms with E-state index in [1.807, 2.05) is 36.4 Å². The maximum absolute atomic E-state index is 12.6. The average molecular weight is 370 g/mol. The predicted octanol–water partition coefficient (Wildman–Crippen LogP) is 3.86. The van der Waals surface area contributed by atoms with Crippen molar-refractivity contribution in [1.82, 2.24) is 4.90 Å². The summed E-state index contributed by atoms with van der Waals surface area (Å²) in [6.45, 7) is 2.64. The van der Waals surface area contributed by atoms with Gasteiger partial charge in [0, 0.05) is 24.3 Å². The van der Waals surface area contributed by atoms with E-state index in [0.29, 0.717) is 18.4 Å². The number of amides is 2. The highest BCUT2D eigenvalue weighted by Gasteiger charge is 2.36. The molecule has 0 unspecified atom stereocenters. The number of nitrogens with zero attached hydrogens (tertiary/aromatic N) is 1. The summed E-state index contributed by atoms with van der Waals surface area (Å²) in [6.07, 6.45) is 1.35. The lowest BCUT2D eigenvalue weighted by molar-refractivity contribution is -0.132. The van der Waals surface area contributed by atoms with E-state index in [9.17, 15) is 9.59 Å². The number of benzene rings is 1. The van der Waals surface area contributed by atoms with Gasteiger partial charge in [0.25, 0.3) is 0 Å². The Labute approximate surface area is 157 Å². The minimum Gasteiger partial charge on any atom is -0.464 e. The molecule has 0 saturated heterocycles. The van der Waals surface area contributed by atoms with Gasteiger partial charge in [-0.1, -0.05) is 19.1 Å². The van der Waals surface area contributed by atoms with Crippen LogP contribution in [0.15, 0.2) is 45.7 Å². The van der Waals surface area contributed by atoms with Crippen LogP contribution in [0.3, 0.4) is 0 Å². The van der Waals surface area contributed by atoms with E-state index >= 15 is 0 Å². The van der Waals surface area contributed by atoms with Gasteiger partial charge >= 0.3 is 0 Å². The minimum absolute atomic E-state index is 0.0604. The summed E-state index contributed by atoms with van der Waals surface area (Å²) >= 11 is 1.45. The highest BCUT2D eigenvalue weighted by atomic mass is 32.2. The number of rotatable bonds is 5. The summed E-state index contributed by atoms with van der Waals surface area (Å²) in [5, 5.41) is 2.48. The number of furan rings is 1. The quantitative estimate of drug-likeness (QED) is 0.868. The van der Waals surface area contributed by atoms with Crippen LogP contribution < -0.4 is 5.32 Å². The number of carbonyl (C=O) groups is 2. The van der Waals surface area contributed by atoms with Crippen molar-refractivity contribution < 1.29 is 14.0 Å². The van der Waals surface area contributed by atoms with Crippen molar-refractivity contribution in [3.63, 3.8) is 0 Å². The van der Waals surface area contributed by atoms with Crippen LogP contribution in [0.5, 0.6) is 0 Å². The third-order valence-corrected chi connectivity index (χ3v) is 6.32. The van der Waals surface area contributed by atoms with E-state index in [4.69, 9.17) is 4.42 Å². The van der Waals surface area contributed by atoms with Crippen LogP contribution in [0, 0.1) is 5.92 Å². The van der Waals surface area contributed by atoms with Crippen molar-refractivity contribution in [2.45, 2.75) is 42.4 Å². The third kappa shape index (κ3) is 3.51. The lowest BCUT2D eigenvalue weighted by atomic mass is 10.2. The van der Waals surface area contributed by atoms with Gasteiger partial charge in [-0.25, -0.2) is 0 Å². The molecule has 1 saturated carbocycles. The Hall–Kier alpha value is -2.21. The van der Waals surface area contributed by atoms with E-state index < -0.39 is 5.25 Å². The second-order valence-corrected chi connectivity index (χ2v) is 8.41. The molecule has 2 aromatic rings. The first-order valence-electron chi connectivity index (χ1n) is 8.90. The average Bonchev–Trinajstić information content (AvgIpc) is 3.17. The SMILES string of the molecule is C[C@H]1C[C@H]1c1ccc(CN(C)C(=O)C[C@H]2Sc3ccccc3NC2=O)o1. The van der Waals surface area contributed by atoms with Crippen molar-refractivity contribution in [2.24, 2.45) is 5.92 Å². The van der Waals surface area contributed by atoms with E-state index in [0.717, 1.165) is 22.1 Å². The highest BCUT2D eigenvalue weighted by Crippen LogP contribution is 2.47. The Kier molecular flexibility index (Phi) is 4.53. The molecule has 2 aliphatic rings. The van der Waals surface area contributed by atoms with Crippen LogP contribution in [-0.4, -0.2) is 29.0 Å². The number of nitrogens with one attached hydrogen (secondary N) is 1. The number of hydrogen-bond acceptors (Lipinski definition) is 4. The molecule has 1 aromatic carbocycles.